The number of halogens is 3. The summed E-state index contributed by atoms with van der Waals surface area (Å²) in [5, 5.41) is 14.9. The van der Waals surface area contributed by atoms with Gasteiger partial charge in [-0.15, -0.1) is 0 Å². The van der Waals surface area contributed by atoms with E-state index >= 15 is 0 Å². The topological polar surface area (TPSA) is 122 Å². The van der Waals surface area contributed by atoms with Crippen molar-refractivity contribution < 1.29 is 36.0 Å². The van der Waals surface area contributed by atoms with Crippen molar-refractivity contribution in [3.8, 4) is 0 Å². The highest BCUT2D eigenvalue weighted by Gasteiger charge is 2.32. The van der Waals surface area contributed by atoms with Crippen LogP contribution in [0.2, 0.25) is 0 Å². The van der Waals surface area contributed by atoms with E-state index in [9.17, 15) is 31.5 Å². The molecule has 3 aromatic rings. The third-order valence-electron chi connectivity index (χ3n) is 4.87. The minimum atomic E-state index is -4.94. The van der Waals surface area contributed by atoms with Gasteiger partial charge < -0.3 is 14.9 Å². The second-order valence-electron chi connectivity index (χ2n) is 6.95. The summed E-state index contributed by atoms with van der Waals surface area (Å²) in [6.07, 6.45) is 0.590. The van der Waals surface area contributed by atoms with Gasteiger partial charge in [0.05, 0.1) is 23.5 Å². The van der Waals surface area contributed by atoms with E-state index in [1.807, 2.05) is 0 Å². The van der Waals surface area contributed by atoms with Crippen LogP contribution in [-0.4, -0.2) is 30.7 Å². The van der Waals surface area contributed by atoms with E-state index in [1.54, 1.807) is 0 Å². The summed E-state index contributed by atoms with van der Waals surface area (Å²) in [6.45, 7) is 1.52. The summed E-state index contributed by atoms with van der Waals surface area (Å²) in [4.78, 5) is 13.4. The molecule has 0 saturated heterocycles. The first-order chi connectivity index (χ1) is 15.1. The van der Waals surface area contributed by atoms with Gasteiger partial charge in [-0.05, 0) is 30.7 Å². The van der Waals surface area contributed by atoms with Gasteiger partial charge in [0.1, 0.15) is 33.5 Å². The van der Waals surface area contributed by atoms with E-state index in [0.29, 0.717) is 12.1 Å². The second kappa shape index (κ2) is 7.79. The van der Waals surface area contributed by atoms with Crippen molar-refractivity contribution in [3.05, 3.63) is 64.6 Å². The van der Waals surface area contributed by atoms with Gasteiger partial charge in [-0.1, -0.05) is 5.16 Å². The van der Waals surface area contributed by atoms with Crippen LogP contribution in [0.4, 0.5) is 24.7 Å². The molecule has 4 rings (SSSR count). The van der Waals surface area contributed by atoms with Crippen molar-refractivity contribution in [2.24, 2.45) is 4.99 Å². The number of sulfone groups is 1. The van der Waals surface area contributed by atoms with Gasteiger partial charge in [0.15, 0.2) is 5.82 Å². The fourth-order valence-corrected chi connectivity index (χ4v) is 5.10. The minimum Gasteiger partial charge on any atom is -0.481 e. The van der Waals surface area contributed by atoms with Crippen molar-refractivity contribution >= 4 is 32.9 Å². The molecule has 2 heterocycles. The van der Waals surface area contributed by atoms with Crippen LogP contribution in [-0.2, 0) is 14.6 Å². The third kappa shape index (κ3) is 3.62. The third-order valence-corrected chi connectivity index (χ3v) is 6.70. The Balaban J connectivity index is 1.92. The lowest BCUT2D eigenvalue weighted by Gasteiger charge is -2.12. The molecule has 1 atom stereocenters. The molecule has 0 fully saturated rings. The Morgan fingerprint density at radius 2 is 1.91 bits per heavy atom. The number of carboxylic acid groups (broad SMARTS) is 1. The normalized spacial score (nSPS) is 15.4. The van der Waals surface area contributed by atoms with Gasteiger partial charge >= 0.3 is 5.97 Å². The number of benzene rings is 2. The van der Waals surface area contributed by atoms with Crippen molar-refractivity contribution in [2.75, 3.05) is 5.32 Å². The Bertz CT molecular complexity index is 1470. The number of carboxylic acids is 1. The van der Waals surface area contributed by atoms with Crippen LogP contribution in [0, 0.1) is 17.5 Å². The first-order valence-corrected chi connectivity index (χ1v) is 10.6. The van der Waals surface area contributed by atoms with Crippen LogP contribution in [0.25, 0.3) is 5.57 Å². The first kappa shape index (κ1) is 21.6. The maximum absolute atomic E-state index is 14.8. The van der Waals surface area contributed by atoms with E-state index in [4.69, 9.17) is 0 Å². The number of nitrogens with one attached hydrogen (secondary N) is 1. The number of hydrogen-bond donors (Lipinski definition) is 2. The Morgan fingerprint density at radius 1 is 1.16 bits per heavy atom. The highest BCUT2D eigenvalue weighted by atomic mass is 32.2. The summed E-state index contributed by atoms with van der Waals surface area (Å²) >= 11 is 0. The maximum atomic E-state index is 14.8. The van der Waals surface area contributed by atoms with Crippen molar-refractivity contribution in [2.45, 2.75) is 29.2 Å². The Kier molecular flexibility index (Phi) is 5.25. The smallest absolute Gasteiger partial charge is 0.307 e. The van der Waals surface area contributed by atoms with Crippen LogP contribution < -0.4 is 15.9 Å². The number of rotatable bonds is 6. The number of fused-ring (bicyclic) bond motifs is 1. The van der Waals surface area contributed by atoms with Crippen LogP contribution in [0.1, 0.15) is 13.3 Å². The summed E-state index contributed by atoms with van der Waals surface area (Å²) in [7, 11) is -4.94. The average molecular weight is 465 g/mol. The van der Waals surface area contributed by atoms with Crippen LogP contribution in [0.15, 0.2) is 55.9 Å². The molecule has 2 N–H and O–H groups in total. The van der Waals surface area contributed by atoms with E-state index in [1.165, 1.54) is 25.3 Å². The van der Waals surface area contributed by atoms with Crippen LogP contribution >= 0.6 is 0 Å². The SMILES string of the molecule is CC1N=c2ccc(F)c(S(=O)(=O)c3cc(F)c(Nc4ccon4)cc3F)c2=C1CC(=O)O. The molecule has 0 saturated carbocycles. The van der Waals surface area contributed by atoms with E-state index in [2.05, 4.69) is 20.0 Å². The summed E-state index contributed by atoms with van der Waals surface area (Å²) in [5.74, 6) is -4.95. The van der Waals surface area contributed by atoms with Gasteiger partial charge in [-0.3, -0.25) is 9.79 Å². The number of anilines is 2. The number of nitrogens with zero attached hydrogens (tertiary/aromatic N) is 2. The maximum Gasteiger partial charge on any atom is 0.307 e. The van der Waals surface area contributed by atoms with Crippen molar-refractivity contribution in [1.82, 2.24) is 5.16 Å². The van der Waals surface area contributed by atoms with Crippen LogP contribution in [0.5, 0.6) is 0 Å². The Morgan fingerprint density at radius 3 is 2.56 bits per heavy atom. The molecule has 0 bridgehead atoms. The zero-order chi connectivity index (χ0) is 23.2. The van der Waals surface area contributed by atoms with Crippen molar-refractivity contribution in [3.63, 3.8) is 0 Å². The standard InChI is InChI=1S/C20H14F3N3O5S/c1-9-10(6-18(27)28)19-14(24-9)3-2-11(21)20(19)32(29,30)16-8-12(22)15(7-13(16)23)25-17-4-5-31-26-17/h2-5,7-9H,6H2,1H3,(H,25,26)(H,27,28). The molecule has 1 aromatic heterocycles. The molecule has 1 unspecified atom stereocenters. The molecule has 0 aliphatic carbocycles. The lowest BCUT2D eigenvalue weighted by atomic mass is 10.0. The number of hydrogen-bond acceptors (Lipinski definition) is 7. The van der Waals surface area contributed by atoms with Gasteiger partial charge in [0.2, 0.25) is 9.84 Å². The lowest BCUT2D eigenvalue weighted by Crippen LogP contribution is -2.32. The van der Waals surface area contributed by atoms with Gasteiger partial charge in [-0.2, -0.15) is 0 Å². The predicted molar refractivity (Wildman–Crippen MR) is 104 cm³/mol. The summed E-state index contributed by atoms with van der Waals surface area (Å²) < 4.78 is 75.3. The van der Waals surface area contributed by atoms with Gasteiger partial charge in [0, 0.05) is 17.4 Å². The molecule has 0 spiro atoms. The lowest BCUT2D eigenvalue weighted by molar-refractivity contribution is -0.135. The molecular formula is C20H14F3N3O5S. The molecule has 2 aromatic carbocycles. The Labute approximate surface area is 178 Å². The van der Waals surface area contributed by atoms with E-state index in [0.717, 1.165) is 6.07 Å². The fraction of sp³-hybridized carbons (Fsp3) is 0.150. The van der Waals surface area contributed by atoms with Crippen LogP contribution in [0.3, 0.4) is 0 Å². The fourth-order valence-electron chi connectivity index (χ4n) is 3.48. The number of aliphatic carboxylic acids is 1. The molecule has 1 aliphatic rings. The summed E-state index contributed by atoms with van der Waals surface area (Å²) in [5.41, 5.74) is -0.369. The highest BCUT2D eigenvalue weighted by Crippen LogP contribution is 2.29. The number of carbonyl (C=O) groups is 1. The molecular weight excluding hydrogens is 451 g/mol. The average Bonchev–Trinajstić information content (AvgIpc) is 3.32. The molecule has 8 nitrogen and oxygen atoms in total. The molecule has 1 aliphatic heterocycles. The van der Waals surface area contributed by atoms with Crippen molar-refractivity contribution in [1.29, 1.82) is 0 Å². The van der Waals surface area contributed by atoms with E-state index in [-0.39, 0.29) is 22.0 Å². The van der Waals surface area contributed by atoms with Gasteiger partial charge in [0.25, 0.3) is 0 Å². The minimum absolute atomic E-state index is 0.0503. The quantitative estimate of drug-likeness (QED) is 0.573. The predicted octanol–water partition coefficient (Wildman–Crippen LogP) is 2.32. The van der Waals surface area contributed by atoms with E-state index < -0.39 is 61.2 Å². The molecule has 32 heavy (non-hydrogen) atoms. The summed E-state index contributed by atoms with van der Waals surface area (Å²) in [6, 6.07) is 3.64. The Hall–Kier alpha value is -3.67. The zero-order valence-electron chi connectivity index (χ0n) is 16.3. The second-order valence-corrected chi connectivity index (χ2v) is 8.80. The monoisotopic (exact) mass is 465 g/mol. The molecule has 12 heteroatoms. The largest absolute Gasteiger partial charge is 0.481 e. The zero-order valence-corrected chi connectivity index (χ0v) is 17.1. The first-order valence-electron chi connectivity index (χ1n) is 9.12. The van der Waals surface area contributed by atoms with Gasteiger partial charge in [-0.25, -0.2) is 21.6 Å². The molecule has 166 valence electrons. The molecule has 0 amide bonds. The molecule has 0 radical (unpaired) electrons. The highest BCUT2D eigenvalue weighted by molar-refractivity contribution is 7.91. The number of aromatic nitrogens is 1.